The average molecular weight is 195 g/mol. The van der Waals surface area contributed by atoms with Crippen molar-refractivity contribution in [3.63, 3.8) is 0 Å². The van der Waals surface area contributed by atoms with Gasteiger partial charge in [0.25, 0.3) is 0 Å². The van der Waals surface area contributed by atoms with Crippen LogP contribution in [0.2, 0.25) is 0 Å². The summed E-state index contributed by atoms with van der Waals surface area (Å²) in [6.07, 6.45) is 1.97. The van der Waals surface area contributed by atoms with Crippen molar-refractivity contribution in [1.29, 1.82) is 5.26 Å². The SMILES string of the molecule is N#CC1(N2CCNCC2)CCCOC1. The van der Waals surface area contributed by atoms with E-state index in [9.17, 15) is 5.26 Å². The summed E-state index contributed by atoms with van der Waals surface area (Å²) in [5.74, 6) is 0. The molecular weight excluding hydrogens is 178 g/mol. The molecule has 4 heteroatoms. The highest BCUT2D eigenvalue weighted by atomic mass is 16.5. The van der Waals surface area contributed by atoms with Crippen LogP contribution in [0.1, 0.15) is 12.8 Å². The fraction of sp³-hybridized carbons (Fsp3) is 0.900. The topological polar surface area (TPSA) is 48.3 Å². The second-order valence-electron chi connectivity index (χ2n) is 4.04. The lowest BCUT2D eigenvalue weighted by molar-refractivity contribution is -0.0234. The van der Waals surface area contributed by atoms with Crippen molar-refractivity contribution in [1.82, 2.24) is 10.2 Å². The molecule has 0 aromatic heterocycles. The summed E-state index contributed by atoms with van der Waals surface area (Å²) in [6, 6.07) is 2.46. The van der Waals surface area contributed by atoms with Gasteiger partial charge in [0, 0.05) is 32.8 Å². The van der Waals surface area contributed by atoms with E-state index in [-0.39, 0.29) is 5.54 Å². The van der Waals surface area contributed by atoms with Crippen LogP contribution in [0.4, 0.5) is 0 Å². The Morgan fingerprint density at radius 3 is 2.71 bits per heavy atom. The van der Waals surface area contributed by atoms with Crippen LogP contribution in [-0.4, -0.2) is 49.8 Å². The standard InChI is InChI=1S/C10H17N3O/c11-8-10(2-1-7-14-9-10)13-5-3-12-4-6-13/h12H,1-7,9H2. The maximum Gasteiger partial charge on any atom is 0.132 e. The van der Waals surface area contributed by atoms with Crippen LogP contribution < -0.4 is 5.32 Å². The lowest BCUT2D eigenvalue weighted by Crippen LogP contribution is -2.59. The predicted octanol–water partition coefficient (Wildman–Crippen LogP) is -0.0356. The summed E-state index contributed by atoms with van der Waals surface area (Å²) in [7, 11) is 0. The normalized spacial score (nSPS) is 35.1. The van der Waals surface area contributed by atoms with Crippen molar-refractivity contribution in [2.45, 2.75) is 18.4 Å². The summed E-state index contributed by atoms with van der Waals surface area (Å²) in [6.45, 7) is 5.32. The minimum Gasteiger partial charge on any atom is -0.378 e. The number of nitriles is 1. The van der Waals surface area contributed by atoms with E-state index < -0.39 is 0 Å². The minimum absolute atomic E-state index is 0.333. The average Bonchev–Trinajstić information content (AvgIpc) is 2.31. The Hall–Kier alpha value is -0.630. The first-order valence-electron chi connectivity index (χ1n) is 5.32. The summed E-state index contributed by atoms with van der Waals surface area (Å²) < 4.78 is 5.44. The minimum atomic E-state index is -0.333. The molecule has 0 aromatic rings. The Bertz CT molecular complexity index is 224. The number of nitrogens with zero attached hydrogens (tertiary/aromatic N) is 2. The van der Waals surface area contributed by atoms with E-state index in [1.54, 1.807) is 0 Å². The predicted molar refractivity (Wildman–Crippen MR) is 52.8 cm³/mol. The quantitative estimate of drug-likeness (QED) is 0.638. The first kappa shape index (κ1) is 9.91. The van der Waals surface area contributed by atoms with Crippen molar-refractivity contribution in [2.75, 3.05) is 39.4 Å². The molecule has 0 aliphatic carbocycles. The number of piperazine rings is 1. The smallest absolute Gasteiger partial charge is 0.132 e. The van der Waals surface area contributed by atoms with Crippen LogP contribution in [0.5, 0.6) is 0 Å². The zero-order chi connectivity index (χ0) is 9.86. The number of rotatable bonds is 1. The molecule has 1 atom stereocenters. The molecule has 2 heterocycles. The Morgan fingerprint density at radius 2 is 2.14 bits per heavy atom. The molecule has 2 rings (SSSR count). The van der Waals surface area contributed by atoms with Gasteiger partial charge in [-0.15, -0.1) is 0 Å². The summed E-state index contributed by atoms with van der Waals surface area (Å²) in [4.78, 5) is 2.28. The molecule has 2 fully saturated rings. The molecule has 1 N–H and O–H groups in total. The zero-order valence-electron chi connectivity index (χ0n) is 8.46. The van der Waals surface area contributed by atoms with E-state index in [2.05, 4.69) is 16.3 Å². The van der Waals surface area contributed by atoms with Crippen molar-refractivity contribution in [2.24, 2.45) is 0 Å². The largest absolute Gasteiger partial charge is 0.378 e. The third-order valence-electron chi connectivity index (χ3n) is 3.15. The number of hydrogen-bond acceptors (Lipinski definition) is 4. The van der Waals surface area contributed by atoms with E-state index in [1.165, 1.54) is 0 Å². The van der Waals surface area contributed by atoms with Gasteiger partial charge in [0.2, 0.25) is 0 Å². The third-order valence-corrected chi connectivity index (χ3v) is 3.15. The number of ether oxygens (including phenoxy) is 1. The molecule has 0 spiro atoms. The molecule has 14 heavy (non-hydrogen) atoms. The second kappa shape index (κ2) is 4.26. The van der Waals surface area contributed by atoms with Crippen molar-refractivity contribution < 1.29 is 4.74 Å². The van der Waals surface area contributed by atoms with Crippen LogP contribution >= 0.6 is 0 Å². The molecule has 2 aliphatic rings. The first-order chi connectivity index (χ1) is 6.87. The summed E-state index contributed by atoms with van der Waals surface area (Å²) in [5, 5.41) is 12.6. The molecular formula is C10H17N3O. The van der Waals surface area contributed by atoms with Crippen LogP contribution in [-0.2, 0) is 4.74 Å². The molecule has 0 bridgehead atoms. The van der Waals surface area contributed by atoms with Gasteiger partial charge in [-0.1, -0.05) is 0 Å². The van der Waals surface area contributed by atoms with Gasteiger partial charge in [0.1, 0.15) is 5.54 Å². The number of nitrogens with one attached hydrogen (secondary N) is 1. The van der Waals surface area contributed by atoms with Gasteiger partial charge >= 0.3 is 0 Å². The maximum atomic E-state index is 9.30. The fourth-order valence-electron chi connectivity index (χ4n) is 2.28. The highest BCUT2D eigenvalue weighted by molar-refractivity contribution is 5.10. The monoisotopic (exact) mass is 195 g/mol. The third kappa shape index (κ3) is 1.76. The van der Waals surface area contributed by atoms with Gasteiger partial charge < -0.3 is 10.1 Å². The lowest BCUT2D eigenvalue weighted by Gasteiger charge is -2.42. The van der Waals surface area contributed by atoms with E-state index in [0.717, 1.165) is 45.6 Å². The van der Waals surface area contributed by atoms with Crippen molar-refractivity contribution in [3.05, 3.63) is 0 Å². The first-order valence-corrected chi connectivity index (χ1v) is 5.32. The molecule has 2 aliphatic heterocycles. The summed E-state index contributed by atoms with van der Waals surface area (Å²) in [5.41, 5.74) is -0.333. The van der Waals surface area contributed by atoms with Crippen LogP contribution in [0, 0.1) is 11.3 Å². The Balaban J connectivity index is 2.06. The lowest BCUT2D eigenvalue weighted by atomic mass is 9.91. The Labute approximate surface area is 84.8 Å². The Morgan fingerprint density at radius 1 is 1.36 bits per heavy atom. The van der Waals surface area contributed by atoms with Gasteiger partial charge in [0.15, 0.2) is 0 Å². The van der Waals surface area contributed by atoms with Crippen molar-refractivity contribution in [3.8, 4) is 6.07 Å². The zero-order valence-corrected chi connectivity index (χ0v) is 8.46. The van der Waals surface area contributed by atoms with Crippen LogP contribution in [0.15, 0.2) is 0 Å². The summed E-state index contributed by atoms with van der Waals surface area (Å²) >= 11 is 0. The maximum absolute atomic E-state index is 9.30. The van der Waals surface area contributed by atoms with Crippen molar-refractivity contribution >= 4 is 0 Å². The molecule has 2 saturated heterocycles. The van der Waals surface area contributed by atoms with E-state index in [1.807, 2.05) is 0 Å². The Kier molecular flexibility index (Phi) is 3.02. The molecule has 0 saturated carbocycles. The molecule has 78 valence electrons. The molecule has 1 unspecified atom stereocenters. The van der Waals surface area contributed by atoms with Gasteiger partial charge in [-0.05, 0) is 12.8 Å². The highest BCUT2D eigenvalue weighted by Gasteiger charge is 2.39. The van der Waals surface area contributed by atoms with Crippen LogP contribution in [0.3, 0.4) is 0 Å². The highest BCUT2D eigenvalue weighted by Crippen LogP contribution is 2.25. The van der Waals surface area contributed by atoms with Gasteiger partial charge in [0.05, 0.1) is 12.7 Å². The second-order valence-corrected chi connectivity index (χ2v) is 4.04. The molecule has 0 amide bonds. The van der Waals surface area contributed by atoms with E-state index in [4.69, 9.17) is 4.74 Å². The fourth-order valence-corrected chi connectivity index (χ4v) is 2.28. The van der Waals surface area contributed by atoms with Crippen LogP contribution in [0.25, 0.3) is 0 Å². The van der Waals surface area contributed by atoms with Gasteiger partial charge in [-0.3, -0.25) is 4.90 Å². The number of hydrogen-bond donors (Lipinski definition) is 1. The van der Waals surface area contributed by atoms with E-state index >= 15 is 0 Å². The molecule has 4 nitrogen and oxygen atoms in total. The molecule has 0 aromatic carbocycles. The molecule has 0 radical (unpaired) electrons. The van der Waals surface area contributed by atoms with Gasteiger partial charge in [-0.2, -0.15) is 5.26 Å². The van der Waals surface area contributed by atoms with Gasteiger partial charge in [-0.25, -0.2) is 0 Å². The van der Waals surface area contributed by atoms with E-state index in [0.29, 0.717) is 6.61 Å².